The maximum Gasteiger partial charge on any atom is 0.469 e. The molecular weight excluding hydrogens is 1620 g/mol. The summed E-state index contributed by atoms with van der Waals surface area (Å²) in [5.74, 6) is -1.80. The van der Waals surface area contributed by atoms with Crippen LogP contribution in [0.3, 0.4) is 0 Å². The molecule has 0 saturated carbocycles. The maximum atomic E-state index is 13.0. The summed E-state index contributed by atoms with van der Waals surface area (Å²) in [5.41, 5.74) is 0. The van der Waals surface area contributed by atoms with Gasteiger partial charge >= 0.3 is 15.6 Å². The summed E-state index contributed by atoms with van der Waals surface area (Å²) in [6.45, 7) is -8.79. The van der Waals surface area contributed by atoms with E-state index in [2.05, 4.69) is 19.7 Å². The summed E-state index contributed by atoms with van der Waals surface area (Å²) in [6.07, 6.45) is -95.9. The fraction of sp³-hybridized carbons (Fsp3) is 0.966. The Morgan fingerprint density at radius 2 is 0.544 bits per heavy atom. The molecule has 2 amide bonds. The number of ether oxygens (including phenoxy) is 17. The predicted octanol–water partition coefficient (Wildman–Crippen LogP) is -20.1. The van der Waals surface area contributed by atoms with Crippen molar-refractivity contribution in [1.82, 2.24) is 10.6 Å². The number of aliphatic hydroxyl groups is 25. The minimum Gasteiger partial charge on any atom is -0.394 e. The molecule has 56 heteroatoms. The van der Waals surface area contributed by atoms with Crippen molar-refractivity contribution in [3.8, 4) is 0 Å². The smallest absolute Gasteiger partial charge is 0.394 e. The van der Waals surface area contributed by atoms with Gasteiger partial charge in [-0.15, -0.1) is 0 Å². The van der Waals surface area contributed by atoms with E-state index in [1.54, 1.807) is 0 Å². The standard InChI is InChI=1S/C58H100N2O52P2/c1-12(66)59-23-32(75)44(17(6-64)98-50(23)87)107-51-24(60-13(2)67)33(76)45(18(7-65)102-51)108-56-43(86)47(110-58-49(38(81)27(70)16(5-63)101-58)112-55-41(84)36(79)29(72)22(106-55)11-97-114(91,92)93)31(74)20(105-56)9-95-53-42(85)46(30(73)19(103-53)8-94-52-39(82)35(78)28(71)21(104-52)10-96-113(88,89)90)109-57-48(37(80)26(69)15(4-62)100-57)111-54-40(83)34(77)25(68)14(3-61)99-54/h14-58,61-65,68-87H,3-11H2,1-2H3,(H,59,66)(H,60,67)(H2,88,89,90)(H2,91,92,93). The average Bonchev–Trinajstić information content (AvgIpc) is 0.768. The molecule has 0 aromatic rings. The van der Waals surface area contributed by atoms with E-state index < -0.39 is 363 Å². The van der Waals surface area contributed by atoms with Crippen LogP contribution in [-0.2, 0) is 108 Å². The van der Waals surface area contributed by atoms with Crippen molar-refractivity contribution < 1.29 is 256 Å². The second-order valence-corrected chi connectivity index (χ2v) is 30.4. The number of phosphoric acid groups is 2. The predicted molar refractivity (Wildman–Crippen MR) is 342 cm³/mol. The molecule has 0 aromatic heterocycles. The van der Waals surface area contributed by atoms with Crippen LogP contribution in [0, 0.1) is 0 Å². The molecule has 0 aliphatic carbocycles. The average molecular weight is 1720 g/mol. The number of phosphoric ester groups is 2. The number of rotatable bonds is 31. The van der Waals surface area contributed by atoms with Gasteiger partial charge in [0.25, 0.3) is 0 Å². The highest BCUT2D eigenvalue weighted by Gasteiger charge is 2.61. The van der Waals surface area contributed by atoms with Crippen molar-refractivity contribution in [2.45, 2.75) is 290 Å². The Balaban J connectivity index is 1.07. The Bertz CT molecular complexity index is 3110. The molecule has 0 spiro atoms. The molecule has 9 aliphatic heterocycles. The van der Waals surface area contributed by atoms with Crippen molar-refractivity contribution in [3.05, 3.63) is 0 Å². The molecule has 0 radical (unpaired) electrons. The van der Waals surface area contributed by atoms with Gasteiger partial charge in [0.15, 0.2) is 56.6 Å². The molecule has 9 fully saturated rings. The first kappa shape index (κ1) is 95.3. The first-order valence-electron chi connectivity index (χ1n) is 35.1. The second kappa shape index (κ2) is 40.7. The third-order valence-electron chi connectivity index (χ3n) is 20.0. The minimum absolute atomic E-state index is 0.814. The number of amides is 2. The number of hydrogen-bond donors (Lipinski definition) is 31. The highest BCUT2D eigenvalue weighted by molar-refractivity contribution is 7.46. The van der Waals surface area contributed by atoms with Gasteiger partial charge < -0.3 is 238 Å². The van der Waals surface area contributed by atoms with Crippen LogP contribution in [0.1, 0.15) is 13.8 Å². The van der Waals surface area contributed by atoms with Crippen LogP contribution in [-0.4, -0.2) is 495 Å². The van der Waals surface area contributed by atoms with Crippen molar-refractivity contribution in [2.75, 3.05) is 59.5 Å². The molecule has 114 heavy (non-hydrogen) atoms. The minimum atomic E-state index is -5.38. The molecule has 9 aliphatic rings. The van der Waals surface area contributed by atoms with Crippen molar-refractivity contribution in [1.29, 1.82) is 0 Å². The van der Waals surface area contributed by atoms with Gasteiger partial charge in [-0.2, -0.15) is 0 Å². The molecule has 54 nitrogen and oxygen atoms in total. The van der Waals surface area contributed by atoms with Gasteiger partial charge in [0.05, 0.1) is 59.5 Å². The van der Waals surface area contributed by atoms with E-state index >= 15 is 0 Å². The van der Waals surface area contributed by atoms with Gasteiger partial charge in [0.2, 0.25) is 11.8 Å². The van der Waals surface area contributed by atoms with E-state index in [1.807, 2.05) is 0 Å². The van der Waals surface area contributed by atoms with E-state index in [0.29, 0.717) is 0 Å². The quantitative estimate of drug-likeness (QED) is 0.0287. The Kier molecular flexibility index (Phi) is 34.0. The fourth-order valence-electron chi connectivity index (χ4n) is 13.8. The Labute approximate surface area is 641 Å². The number of nitrogens with one attached hydrogen (secondary N) is 2. The number of carbonyl (C=O) groups excluding carboxylic acids is 2. The summed E-state index contributed by atoms with van der Waals surface area (Å²) in [6, 6.07) is -3.66. The molecule has 45 unspecified atom stereocenters. The highest BCUT2D eigenvalue weighted by atomic mass is 31.2. The molecular formula is C58H100N2O52P2. The van der Waals surface area contributed by atoms with Gasteiger partial charge in [0.1, 0.15) is 220 Å². The SMILES string of the molecule is CC(=O)NC1C(O)OC(CO)C(OC2OC(CO)C(OC3OC(COC4OC(COC5OC(COP(=O)(O)O)C(O)C(O)C5O)C(O)C(OC5OC(CO)C(O)C(O)C5OC5OC(CO)C(O)C(O)C5O)C4O)C(O)C(OC4OC(CO)C(O)C(O)C4OC4OC(COP(=O)(O)O)C(O)C(O)C4O)C3O)C(O)C2NC(C)=O)C1O. The number of carbonyl (C=O) groups is 2. The van der Waals surface area contributed by atoms with Crippen molar-refractivity contribution in [2.24, 2.45) is 0 Å². The molecule has 45 atom stereocenters. The third-order valence-corrected chi connectivity index (χ3v) is 21.0. The van der Waals surface area contributed by atoms with Crippen LogP contribution >= 0.6 is 15.6 Å². The summed E-state index contributed by atoms with van der Waals surface area (Å²) < 4.78 is 131. The van der Waals surface area contributed by atoms with E-state index in [9.17, 15) is 166 Å². The normalized spacial score (nSPS) is 48.7. The summed E-state index contributed by atoms with van der Waals surface area (Å²) in [4.78, 5) is 62.6. The van der Waals surface area contributed by atoms with Crippen LogP contribution in [0.25, 0.3) is 0 Å². The first-order valence-corrected chi connectivity index (χ1v) is 38.2. The van der Waals surface area contributed by atoms with Gasteiger partial charge in [-0.25, -0.2) is 9.13 Å². The highest BCUT2D eigenvalue weighted by Crippen LogP contribution is 2.42. The first-order chi connectivity index (χ1) is 53.5. The van der Waals surface area contributed by atoms with Crippen LogP contribution in [0.15, 0.2) is 0 Å². The van der Waals surface area contributed by atoms with Gasteiger partial charge in [-0.1, -0.05) is 0 Å². The number of aliphatic hydroxyl groups excluding tert-OH is 25. The van der Waals surface area contributed by atoms with Gasteiger partial charge in [-0.3, -0.25) is 18.6 Å². The van der Waals surface area contributed by atoms with Gasteiger partial charge in [-0.05, 0) is 0 Å². The molecule has 9 rings (SSSR count). The lowest BCUT2D eigenvalue weighted by Gasteiger charge is -2.51. The summed E-state index contributed by atoms with van der Waals surface area (Å²) in [5, 5.41) is 283. The molecule has 0 aromatic carbocycles. The topological polar surface area (TPSA) is 854 Å². The van der Waals surface area contributed by atoms with E-state index in [-0.39, 0.29) is 0 Å². The second-order valence-electron chi connectivity index (χ2n) is 27.9. The molecule has 31 N–H and O–H groups in total. The lowest BCUT2D eigenvalue weighted by molar-refractivity contribution is -0.401. The monoisotopic (exact) mass is 1720 g/mol. The Morgan fingerprint density at radius 1 is 0.272 bits per heavy atom. The lowest BCUT2D eigenvalue weighted by Crippen LogP contribution is -2.70. The number of hydrogen-bond acceptors (Lipinski definition) is 48. The lowest BCUT2D eigenvalue weighted by atomic mass is 9.94. The third kappa shape index (κ3) is 22.1. The molecule has 9 saturated heterocycles. The van der Waals surface area contributed by atoms with E-state index in [0.717, 1.165) is 13.8 Å². The Morgan fingerprint density at radius 3 is 0.939 bits per heavy atom. The summed E-state index contributed by atoms with van der Waals surface area (Å²) in [7, 11) is -10.7. The fourth-order valence-corrected chi connectivity index (χ4v) is 14.5. The van der Waals surface area contributed by atoms with Crippen LogP contribution in [0.5, 0.6) is 0 Å². The van der Waals surface area contributed by atoms with Crippen LogP contribution < -0.4 is 10.6 Å². The largest absolute Gasteiger partial charge is 0.469 e. The zero-order valence-electron chi connectivity index (χ0n) is 59.6. The van der Waals surface area contributed by atoms with E-state index in [4.69, 9.17) is 80.5 Å². The van der Waals surface area contributed by atoms with E-state index in [1.165, 1.54) is 0 Å². The van der Waals surface area contributed by atoms with Crippen molar-refractivity contribution in [3.63, 3.8) is 0 Å². The maximum absolute atomic E-state index is 13.0. The van der Waals surface area contributed by atoms with Crippen molar-refractivity contribution >= 4 is 27.5 Å². The van der Waals surface area contributed by atoms with Crippen LogP contribution in [0.4, 0.5) is 0 Å². The molecule has 0 bridgehead atoms. The zero-order valence-corrected chi connectivity index (χ0v) is 61.4. The molecule has 9 heterocycles. The zero-order chi connectivity index (χ0) is 84.3. The Hall–Kier alpha value is -2.52. The van der Waals surface area contributed by atoms with Gasteiger partial charge in [0, 0.05) is 13.8 Å². The van der Waals surface area contributed by atoms with Crippen LogP contribution in [0.2, 0.25) is 0 Å². The summed E-state index contributed by atoms with van der Waals surface area (Å²) >= 11 is 0. The molecule has 664 valence electrons.